The van der Waals surface area contributed by atoms with E-state index in [0.717, 1.165) is 0 Å². The van der Waals surface area contributed by atoms with Crippen molar-refractivity contribution in [1.82, 2.24) is 4.98 Å². The molecule has 2 N–H and O–H groups in total. The van der Waals surface area contributed by atoms with Crippen LogP contribution in [0.25, 0.3) is 0 Å². The number of hydrogen-bond acceptors (Lipinski definition) is 5. The summed E-state index contributed by atoms with van der Waals surface area (Å²) in [6.45, 7) is 5.47. The Kier molecular flexibility index (Phi) is 4.65. The van der Waals surface area contributed by atoms with Gasteiger partial charge in [0.25, 0.3) is 0 Å². The highest BCUT2D eigenvalue weighted by Crippen LogP contribution is 2.22. The molecule has 0 aliphatic rings. The number of aromatic nitrogens is 1. The maximum atomic E-state index is 11.5. The minimum absolute atomic E-state index is 0.185. The molecule has 1 heterocycles. The maximum absolute atomic E-state index is 11.5. The Morgan fingerprint density at radius 3 is 2.71 bits per heavy atom. The summed E-state index contributed by atoms with van der Waals surface area (Å²) in [7, 11) is 0. The summed E-state index contributed by atoms with van der Waals surface area (Å²) in [5.41, 5.74) is 5.66. The van der Waals surface area contributed by atoms with Crippen molar-refractivity contribution in [2.75, 3.05) is 11.5 Å². The molecule has 0 aliphatic heterocycles. The summed E-state index contributed by atoms with van der Waals surface area (Å²) < 4.78 is 5.17. The number of carbonyl (C=O) groups excluding carboxylic acids is 1. The fraction of sp³-hybridized carbons (Fsp3) is 0.455. The van der Waals surface area contributed by atoms with Crippen molar-refractivity contribution in [3.63, 3.8) is 0 Å². The molecular formula is C11H15ClN2O2S. The summed E-state index contributed by atoms with van der Waals surface area (Å²) in [5, 5.41) is 0.928. The maximum Gasteiger partial charge on any atom is 0.316 e. The molecule has 0 aromatic carbocycles. The van der Waals surface area contributed by atoms with E-state index in [1.165, 1.54) is 11.8 Å². The van der Waals surface area contributed by atoms with Crippen LogP contribution in [0.2, 0.25) is 5.15 Å². The van der Waals surface area contributed by atoms with Gasteiger partial charge in [-0.3, -0.25) is 4.79 Å². The number of thioether (sulfide) groups is 1. The lowest BCUT2D eigenvalue weighted by Crippen LogP contribution is -2.24. The molecule has 94 valence electrons. The zero-order valence-corrected chi connectivity index (χ0v) is 11.6. The Labute approximate surface area is 110 Å². The van der Waals surface area contributed by atoms with E-state index in [1.807, 2.05) is 20.8 Å². The highest BCUT2D eigenvalue weighted by Gasteiger charge is 2.16. The van der Waals surface area contributed by atoms with Crippen molar-refractivity contribution in [3.05, 3.63) is 17.3 Å². The molecule has 0 spiro atoms. The van der Waals surface area contributed by atoms with Crippen LogP contribution in [-0.2, 0) is 9.53 Å². The van der Waals surface area contributed by atoms with E-state index in [-0.39, 0.29) is 11.7 Å². The third-order valence-corrected chi connectivity index (χ3v) is 2.63. The summed E-state index contributed by atoms with van der Waals surface area (Å²) in [4.78, 5) is 15.5. The predicted octanol–water partition coefficient (Wildman–Crippen LogP) is 2.75. The number of nitrogens with two attached hydrogens (primary N) is 1. The van der Waals surface area contributed by atoms with Crippen molar-refractivity contribution in [1.29, 1.82) is 0 Å². The molecule has 6 heteroatoms. The SMILES string of the molecule is CC(C)(C)OC(=O)CSc1cc(N)cc(Cl)n1. The number of halogens is 1. The van der Waals surface area contributed by atoms with Gasteiger partial charge in [-0.1, -0.05) is 23.4 Å². The molecule has 1 aromatic heterocycles. The first kappa shape index (κ1) is 14.1. The number of anilines is 1. The first-order chi connectivity index (χ1) is 7.76. The molecule has 1 aromatic rings. The number of carbonyl (C=O) groups is 1. The lowest BCUT2D eigenvalue weighted by Gasteiger charge is -2.19. The van der Waals surface area contributed by atoms with Gasteiger partial charge in [0.2, 0.25) is 0 Å². The van der Waals surface area contributed by atoms with Gasteiger partial charge in [-0.05, 0) is 32.9 Å². The minimum atomic E-state index is -0.474. The van der Waals surface area contributed by atoms with Crippen LogP contribution in [0.5, 0.6) is 0 Å². The van der Waals surface area contributed by atoms with Crippen molar-refractivity contribution in [2.24, 2.45) is 0 Å². The predicted molar refractivity (Wildman–Crippen MR) is 70.2 cm³/mol. The zero-order chi connectivity index (χ0) is 13.1. The second-order valence-corrected chi connectivity index (χ2v) is 5.82. The standard InChI is InChI=1S/C11H15ClN2O2S/c1-11(2,3)16-10(15)6-17-9-5-7(13)4-8(12)14-9/h4-5H,6H2,1-3H3,(H2,13,14). The Hall–Kier alpha value is -0.940. The molecular weight excluding hydrogens is 260 g/mol. The number of esters is 1. The molecule has 0 amide bonds. The van der Waals surface area contributed by atoms with Crippen molar-refractivity contribution in [2.45, 2.75) is 31.4 Å². The number of rotatable bonds is 3. The molecule has 0 radical (unpaired) electrons. The first-order valence-corrected chi connectivity index (χ1v) is 6.40. The van der Waals surface area contributed by atoms with Gasteiger partial charge in [-0.25, -0.2) is 4.98 Å². The van der Waals surface area contributed by atoms with E-state index in [9.17, 15) is 4.79 Å². The summed E-state index contributed by atoms with van der Waals surface area (Å²) in [6, 6.07) is 3.22. The van der Waals surface area contributed by atoms with E-state index in [4.69, 9.17) is 22.1 Å². The third-order valence-electron chi connectivity index (χ3n) is 1.55. The summed E-state index contributed by atoms with van der Waals surface area (Å²) in [6.07, 6.45) is 0. The number of nitrogen functional groups attached to an aromatic ring is 1. The van der Waals surface area contributed by atoms with E-state index >= 15 is 0 Å². The Morgan fingerprint density at radius 2 is 2.18 bits per heavy atom. The normalized spacial score (nSPS) is 11.3. The summed E-state index contributed by atoms with van der Waals surface area (Å²) in [5.74, 6) is -0.104. The number of ether oxygens (including phenoxy) is 1. The average molecular weight is 275 g/mol. The van der Waals surface area contributed by atoms with Gasteiger partial charge in [0.1, 0.15) is 15.8 Å². The van der Waals surface area contributed by atoms with Gasteiger partial charge in [0.05, 0.1) is 5.75 Å². The molecule has 4 nitrogen and oxygen atoms in total. The Bertz CT molecular complexity index is 398. The van der Waals surface area contributed by atoms with Crippen molar-refractivity contribution in [3.8, 4) is 0 Å². The average Bonchev–Trinajstić information content (AvgIpc) is 2.10. The fourth-order valence-electron chi connectivity index (χ4n) is 1.07. The van der Waals surface area contributed by atoms with Crippen LogP contribution in [0.15, 0.2) is 17.2 Å². The fourth-order valence-corrected chi connectivity index (χ4v) is 2.04. The van der Waals surface area contributed by atoms with Crippen LogP contribution in [0.1, 0.15) is 20.8 Å². The van der Waals surface area contributed by atoms with Crippen LogP contribution < -0.4 is 5.73 Å². The van der Waals surface area contributed by atoms with Crippen LogP contribution >= 0.6 is 23.4 Å². The molecule has 1 rings (SSSR count). The van der Waals surface area contributed by atoms with E-state index in [1.54, 1.807) is 12.1 Å². The lowest BCUT2D eigenvalue weighted by molar-refractivity contribution is -0.151. The molecule has 0 atom stereocenters. The van der Waals surface area contributed by atoms with E-state index in [2.05, 4.69) is 4.98 Å². The van der Waals surface area contributed by atoms with Gasteiger partial charge < -0.3 is 10.5 Å². The van der Waals surface area contributed by atoms with Crippen LogP contribution in [0.4, 0.5) is 5.69 Å². The van der Waals surface area contributed by atoms with Gasteiger partial charge in [-0.2, -0.15) is 0 Å². The minimum Gasteiger partial charge on any atom is -0.459 e. The number of pyridine rings is 1. The second kappa shape index (κ2) is 5.60. The third kappa shape index (κ3) is 5.79. The van der Waals surface area contributed by atoms with Gasteiger partial charge in [0, 0.05) is 5.69 Å². The van der Waals surface area contributed by atoms with Gasteiger partial charge in [-0.15, -0.1) is 0 Å². The highest BCUT2D eigenvalue weighted by atomic mass is 35.5. The van der Waals surface area contributed by atoms with E-state index < -0.39 is 5.60 Å². The molecule has 17 heavy (non-hydrogen) atoms. The Balaban J connectivity index is 2.53. The van der Waals surface area contributed by atoms with Crippen molar-refractivity contribution < 1.29 is 9.53 Å². The molecule has 0 saturated heterocycles. The monoisotopic (exact) mass is 274 g/mol. The number of nitrogens with zero attached hydrogens (tertiary/aromatic N) is 1. The summed E-state index contributed by atoms with van der Waals surface area (Å²) >= 11 is 7.00. The van der Waals surface area contributed by atoms with Crippen LogP contribution in [-0.4, -0.2) is 22.3 Å². The second-order valence-electron chi connectivity index (χ2n) is 4.44. The van der Waals surface area contributed by atoms with Gasteiger partial charge in [0.15, 0.2) is 0 Å². The first-order valence-electron chi connectivity index (χ1n) is 5.04. The zero-order valence-electron chi connectivity index (χ0n) is 9.99. The van der Waals surface area contributed by atoms with E-state index in [0.29, 0.717) is 15.9 Å². The highest BCUT2D eigenvalue weighted by molar-refractivity contribution is 7.99. The lowest BCUT2D eigenvalue weighted by atomic mass is 10.2. The smallest absolute Gasteiger partial charge is 0.316 e. The van der Waals surface area contributed by atoms with Gasteiger partial charge >= 0.3 is 5.97 Å². The van der Waals surface area contributed by atoms with Crippen molar-refractivity contribution >= 4 is 35.0 Å². The van der Waals surface area contributed by atoms with Crippen LogP contribution in [0, 0.1) is 0 Å². The van der Waals surface area contributed by atoms with Crippen LogP contribution in [0.3, 0.4) is 0 Å². The largest absolute Gasteiger partial charge is 0.459 e. The topological polar surface area (TPSA) is 65.2 Å². The Morgan fingerprint density at radius 1 is 1.53 bits per heavy atom. The molecule has 0 saturated carbocycles. The molecule has 0 bridgehead atoms. The molecule has 0 unspecified atom stereocenters. The quantitative estimate of drug-likeness (QED) is 0.522. The number of hydrogen-bond donors (Lipinski definition) is 1. The molecule has 0 fully saturated rings. The molecule has 0 aliphatic carbocycles.